The summed E-state index contributed by atoms with van der Waals surface area (Å²) < 4.78 is 0. The standard InChI is InChI=1S/C13H20N2/c1-5-7-12-10(3)11(8-14-4)9-15-13(12)6-2/h5-7,14-15H,2,8-9H2,1,3-4H3/b7-5-. The number of hydrogen-bond donors (Lipinski definition) is 2. The van der Waals surface area contributed by atoms with Crippen LogP contribution in [-0.2, 0) is 0 Å². The molecule has 0 fully saturated rings. The van der Waals surface area contributed by atoms with Crippen molar-refractivity contribution in [1.29, 1.82) is 0 Å². The van der Waals surface area contributed by atoms with Crippen LogP contribution in [0, 0.1) is 0 Å². The summed E-state index contributed by atoms with van der Waals surface area (Å²) in [6.07, 6.45) is 6.08. The number of dihydropyridines is 1. The molecule has 0 aromatic heterocycles. The van der Waals surface area contributed by atoms with Crippen LogP contribution in [0.2, 0.25) is 0 Å². The van der Waals surface area contributed by atoms with Gasteiger partial charge < -0.3 is 10.6 Å². The van der Waals surface area contributed by atoms with Gasteiger partial charge in [0.15, 0.2) is 0 Å². The van der Waals surface area contributed by atoms with Crippen molar-refractivity contribution >= 4 is 0 Å². The fourth-order valence-corrected chi connectivity index (χ4v) is 1.79. The largest absolute Gasteiger partial charge is 0.381 e. The van der Waals surface area contributed by atoms with Gasteiger partial charge in [-0.1, -0.05) is 18.7 Å². The molecular formula is C13H20N2. The van der Waals surface area contributed by atoms with Gasteiger partial charge in [0.25, 0.3) is 0 Å². The van der Waals surface area contributed by atoms with Crippen LogP contribution in [0.4, 0.5) is 0 Å². The molecule has 1 heterocycles. The van der Waals surface area contributed by atoms with E-state index in [0.29, 0.717) is 0 Å². The van der Waals surface area contributed by atoms with Crippen molar-refractivity contribution in [2.75, 3.05) is 20.1 Å². The summed E-state index contributed by atoms with van der Waals surface area (Å²) in [7, 11) is 1.97. The van der Waals surface area contributed by atoms with E-state index in [1.165, 1.54) is 16.7 Å². The molecule has 1 rings (SSSR count). The Balaban J connectivity index is 3.10. The normalized spacial score (nSPS) is 17.3. The highest BCUT2D eigenvalue weighted by Gasteiger charge is 2.13. The first kappa shape index (κ1) is 11.8. The summed E-state index contributed by atoms with van der Waals surface area (Å²) in [6, 6.07) is 0. The van der Waals surface area contributed by atoms with E-state index in [1.54, 1.807) is 0 Å². The van der Waals surface area contributed by atoms with E-state index < -0.39 is 0 Å². The fourth-order valence-electron chi connectivity index (χ4n) is 1.79. The first-order valence-electron chi connectivity index (χ1n) is 5.31. The van der Waals surface area contributed by atoms with E-state index in [1.807, 2.05) is 20.0 Å². The van der Waals surface area contributed by atoms with Gasteiger partial charge in [0.05, 0.1) is 0 Å². The second kappa shape index (κ2) is 5.56. The summed E-state index contributed by atoms with van der Waals surface area (Å²) in [6.45, 7) is 9.88. The fraction of sp³-hybridized carbons (Fsp3) is 0.385. The van der Waals surface area contributed by atoms with Crippen molar-refractivity contribution in [1.82, 2.24) is 10.6 Å². The van der Waals surface area contributed by atoms with Gasteiger partial charge in [-0.3, -0.25) is 0 Å². The molecule has 0 aromatic rings. The van der Waals surface area contributed by atoms with E-state index >= 15 is 0 Å². The average molecular weight is 204 g/mol. The van der Waals surface area contributed by atoms with Crippen LogP contribution in [0.1, 0.15) is 13.8 Å². The molecule has 2 heteroatoms. The maximum absolute atomic E-state index is 3.83. The highest BCUT2D eigenvalue weighted by atomic mass is 14.9. The minimum absolute atomic E-state index is 0.912. The molecule has 15 heavy (non-hydrogen) atoms. The Bertz CT molecular complexity index is 332. The van der Waals surface area contributed by atoms with Crippen molar-refractivity contribution < 1.29 is 0 Å². The Hall–Kier alpha value is -1.28. The molecule has 0 amide bonds. The molecule has 0 saturated carbocycles. The van der Waals surface area contributed by atoms with E-state index in [-0.39, 0.29) is 0 Å². The zero-order valence-corrected chi connectivity index (χ0v) is 9.85. The van der Waals surface area contributed by atoms with Crippen molar-refractivity contribution in [2.24, 2.45) is 0 Å². The lowest BCUT2D eigenvalue weighted by Crippen LogP contribution is -2.27. The van der Waals surface area contributed by atoms with Gasteiger partial charge in [-0.15, -0.1) is 0 Å². The number of hydrogen-bond acceptors (Lipinski definition) is 2. The molecule has 0 spiro atoms. The molecule has 2 N–H and O–H groups in total. The summed E-state index contributed by atoms with van der Waals surface area (Å²) in [5.74, 6) is 0. The topological polar surface area (TPSA) is 24.1 Å². The quantitative estimate of drug-likeness (QED) is 0.733. The zero-order valence-electron chi connectivity index (χ0n) is 9.85. The third-order valence-corrected chi connectivity index (χ3v) is 2.64. The molecule has 1 aliphatic rings. The van der Waals surface area contributed by atoms with Crippen LogP contribution >= 0.6 is 0 Å². The van der Waals surface area contributed by atoms with Crippen LogP contribution in [0.15, 0.2) is 47.2 Å². The highest BCUT2D eigenvalue weighted by molar-refractivity contribution is 5.50. The second-order valence-electron chi connectivity index (χ2n) is 3.64. The lowest BCUT2D eigenvalue weighted by Gasteiger charge is -2.23. The van der Waals surface area contributed by atoms with Crippen LogP contribution in [0.5, 0.6) is 0 Å². The first-order valence-corrected chi connectivity index (χ1v) is 5.31. The van der Waals surface area contributed by atoms with Crippen molar-refractivity contribution in [3.05, 3.63) is 47.2 Å². The van der Waals surface area contributed by atoms with Crippen LogP contribution in [-0.4, -0.2) is 20.1 Å². The van der Waals surface area contributed by atoms with E-state index in [9.17, 15) is 0 Å². The summed E-state index contributed by atoms with van der Waals surface area (Å²) in [5, 5.41) is 6.57. The van der Waals surface area contributed by atoms with E-state index in [4.69, 9.17) is 0 Å². The predicted molar refractivity (Wildman–Crippen MR) is 66.7 cm³/mol. The van der Waals surface area contributed by atoms with Crippen LogP contribution < -0.4 is 10.6 Å². The third kappa shape index (κ3) is 2.60. The first-order chi connectivity index (χ1) is 7.24. The van der Waals surface area contributed by atoms with Gasteiger partial charge >= 0.3 is 0 Å². The molecule has 0 saturated heterocycles. The maximum Gasteiger partial charge on any atom is 0.0412 e. The molecular weight excluding hydrogens is 184 g/mol. The Morgan fingerprint density at radius 1 is 1.53 bits per heavy atom. The van der Waals surface area contributed by atoms with Gasteiger partial charge in [0.2, 0.25) is 0 Å². The summed E-state index contributed by atoms with van der Waals surface area (Å²) >= 11 is 0. The molecule has 0 atom stereocenters. The molecule has 0 radical (unpaired) electrons. The molecule has 2 nitrogen and oxygen atoms in total. The minimum atomic E-state index is 0.912. The Morgan fingerprint density at radius 2 is 2.27 bits per heavy atom. The highest BCUT2D eigenvalue weighted by Crippen LogP contribution is 2.22. The molecule has 82 valence electrons. The molecule has 0 bridgehead atoms. The van der Waals surface area contributed by atoms with Gasteiger partial charge in [-0.25, -0.2) is 0 Å². The Kier molecular flexibility index (Phi) is 4.37. The Labute approximate surface area is 92.5 Å². The number of allylic oxidation sites excluding steroid dienone is 5. The van der Waals surface area contributed by atoms with Crippen LogP contribution in [0.25, 0.3) is 0 Å². The summed E-state index contributed by atoms with van der Waals surface area (Å²) in [4.78, 5) is 0. The predicted octanol–water partition coefficient (Wildman–Crippen LogP) is 2.14. The summed E-state index contributed by atoms with van der Waals surface area (Å²) in [5.41, 5.74) is 5.15. The lowest BCUT2D eigenvalue weighted by atomic mass is 9.95. The smallest absolute Gasteiger partial charge is 0.0412 e. The molecule has 0 unspecified atom stereocenters. The number of rotatable bonds is 4. The van der Waals surface area contributed by atoms with Crippen molar-refractivity contribution in [2.45, 2.75) is 13.8 Å². The van der Waals surface area contributed by atoms with Crippen molar-refractivity contribution in [3.63, 3.8) is 0 Å². The minimum Gasteiger partial charge on any atom is -0.381 e. The van der Waals surface area contributed by atoms with Gasteiger partial charge in [0, 0.05) is 24.4 Å². The van der Waals surface area contributed by atoms with Crippen molar-refractivity contribution in [3.8, 4) is 0 Å². The Morgan fingerprint density at radius 3 is 2.80 bits per heavy atom. The zero-order chi connectivity index (χ0) is 11.3. The monoisotopic (exact) mass is 204 g/mol. The van der Waals surface area contributed by atoms with Gasteiger partial charge in [0.1, 0.15) is 0 Å². The third-order valence-electron chi connectivity index (χ3n) is 2.64. The average Bonchev–Trinajstić information content (AvgIpc) is 2.25. The van der Waals surface area contributed by atoms with Gasteiger partial charge in [-0.2, -0.15) is 0 Å². The number of nitrogens with one attached hydrogen (secondary N) is 2. The van der Waals surface area contributed by atoms with Gasteiger partial charge in [-0.05, 0) is 38.1 Å². The van der Waals surface area contributed by atoms with E-state index in [0.717, 1.165) is 18.8 Å². The SMILES string of the molecule is C=CC1=C(/C=C\C)C(C)=C(CNC)CN1. The second-order valence-corrected chi connectivity index (χ2v) is 3.64. The maximum atomic E-state index is 3.83. The molecule has 0 aliphatic carbocycles. The molecule has 0 aromatic carbocycles. The lowest BCUT2D eigenvalue weighted by molar-refractivity contribution is 0.775. The van der Waals surface area contributed by atoms with E-state index in [2.05, 4.69) is 36.3 Å². The number of likely N-dealkylation sites (N-methyl/N-ethyl adjacent to an activating group) is 1. The van der Waals surface area contributed by atoms with Crippen LogP contribution in [0.3, 0.4) is 0 Å². The molecule has 1 aliphatic heterocycles.